The van der Waals surface area contributed by atoms with Crippen molar-refractivity contribution in [1.82, 2.24) is 4.31 Å². The Labute approximate surface area is 180 Å². The van der Waals surface area contributed by atoms with Crippen molar-refractivity contribution >= 4 is 38.9 Å². The molecule has 0 bridgehead atoms. The van der Waals surface area contributed by atoms with Gasteiger partial charge < -0.3 is 5.32 Å². The molecule has 2 aromatic rings. The van der Waals surface area contributed by atoms with E-state index in [-0.39, 0.29) is 36.4 Å². The zero-order valence-electron chi connectivity index (χ0n) is 16.4. The van der Waals surface area contributed by atoms with Crippen LogP contribution in [0.5, 0.6) is 0 Å². The number of nitro groups is 1. The first-order valence-corrected chi connectivity index (χ1v) is 11.4. The highest BCUT2D eigenvalue weighted by molar-refractivity contribution is 7.88. The summed E-state index contributed by atoms with van der Waals surface area (Å²) in [6.45, 7) is 2.07. The second kappa shape index (κ2) is 9.11. The van der Waals surface area contributed by atoms with Crippen LogP contribution >= 0.6 is 11.6 Å². The average Bonchev–Trinajstić information content (AvgIpc) is 2.69. The standard InChI is InChI=1S/C20H22ClN3O5S/c1-14-18(6-3-7-19(14)24(26)27)22-20(25)16-8-10-23(11-9-16)30(28,29)13-15-4-2-5-17(21)12-15/h2-7,12,16H,8-11,13H2,1H3,(H,22,25). The molecule has 0 spiro atoms. The third kappa shape index (κ3) is 5.16. The lowest BCUT2D eigenvalue weighted by molar-refractivity contribution is -0.385. The smallest absolute Gasteiger partial charge is 0.274 e. The summed E-state index contributed by atoms with van der Waals surface area (Å²) in [7, 11) is -3.52. The molecule has 10 heteroatoms. The lowest BCUT2D eigenvalue weighted by Gasteiger charge is -2.30. The molecule has 0 aromatic heterocycles. The number of nitrogens with zero attached hydrogens (tertiary/aromatic N) is 2. The molecule has 1 heterocycles. The minimum absolute atomic E-state index is 0.0604. The summed E-state index contributed by atoms with van der Waals surface area (Å²) in [6, 6.07) is 11.3. The Hall–Kier alpha value is -2.49. The molecule has 1 amide bonds. The van der Waals surface area contributed by atoms with Gasteiger partial charge in [-0.25, -0.2) is 12.7 Å². The SMILES string of the molecule is Cc1c(NC(=O)C2CCN(S(=O)(=O)Cc3cccc(Cl)c3)CC2)cccc1[N+](=O)[O-]. The van der Waals surface area contributed by atoms with Gasteiger partial charge in [0.15, 0.2) is 0 Å². The summed E-state index contributed by atoms with van der Waals surface area (Å²) in [5.41, 5.74) is 1.33. The number of carbonyl (C=O) groups is 1. The Balaban J connectivity index is 1.60. The van der Waals surface area contributed by atoms with Crippen molar-refractivity contribution in [2.45, 2.75) is 25.5 Å². The third-order valence-corrected chi connectivity index (χ3v) is 7.30. The second-order valence-corrected chi connectivity index (χ2v) is 9.66. The summed E-state index contributed by atoms with van der Waals surface area (Å²) in [5, 5.41) is 14.3. The van der Waals surface area contributed by atoms with Crippen LogP contribution in [0, 0.1) is 23.0 Å². The Bertz CT molecular complexity index is 1070. The number of hydrogen-bond donors (Lipinski definition) is 1. The quantitative estimate of drug-likeness (QED) is 0.531. The Morgan fingerprint density at radius 3 is 2.53 bits per heavy atom. The molecule has 0 atom stereocenters. The molecule has 1 saturated heterocycles. The normalized spacial score (nSPS) is 15.7. The van der Waals surface area contributed by atoms with E-state index >= 15 is 0 Å². The van der Waals surface area contributed by atoms with Gasteiger partial charge >= 0.3 is 0 Å². The van der Waals surface area contributed by atoms with E-state index in [1.807, 2.05) is 0 Å². The molecular weight excluding hydrogens is 430 g/mol. The van der Waals surface area contributed by atoms with Crippen LogP contribution < -0.4 is 5.32 Å². The van der Waals surface area contributed by atoms with Crippen LogP contribution in [-0.4, -0.2) is 36.6 Å². The number of rotatable bonds is 6. The Kier molecular flexibility index (Phi) is 6.74. The maximum Gasteiger partial charge on any atom is 0.274 e. The lowest BCUT2D eigenvalue weighted by atomic mass is 9.97. The topological polar surface area (TPSA) is 110 Å². The lowest BCUT2D eigenvalue weighted by Crippen LogP contribution is -2.41. The number of nitrogens with one attached hydrogen (secondary N) is 1. The van der Waals surface area contributed by atoms with E-state index in [4.69, 9.17) is 11.6 Å². The maximum atomic E-state index is 12.7. The largest absolute Gasteiger partial charge is 0.325 e. The first-order chi connectivity index (χ1) is 14.2. The molecule has 0 aliphatic carbocycles. The van der Waals surface area contributed by atoms with Crippen molar-refractivity contribution in [3.8, 4) is 0 Å². The van der Waals surface area contributed by atoms with E-state index < -0.39 is 14.9 Å². The zero-order chi connectivity index (χ0) is 21.9. The van der Waals surface area contributed by atoms with Crippen molar-refractivity contribution in [2.24, 2.45) is 5.92 Å². The molecule has 1 aliphatic rings. The van der Waals surface area contributed by atoms with Crippen molar-refractivity contribution < 1.29 is 18.1 Å². The average molecular weight is 452 g/mol. The molecule has 2 aromatic carbocycles. The van der Waals surface area contributed by atoms with Gasteiger partial charge in [0.1, 0.15) is 0 Å². The number of piperidine rings is 1. The molecule has 1 N–H and O–H groups in total. The van der Waals surface area contributed by atoms with Gasteiger partial charge in [-0.15, -0.1) is 0 Å². The van der Waals surface area contributed by atoms with Crippen LogP contribution in [0.2, 0.25) is 5.02 Å². The van der Waals surface area contributed by atoms with Crippen LogP contribution in [0.4, 0.5) is 11.4 Å². The number of anilines is 1. The molecule has 160 valence electrons. The number of hydrogen-bond acceptors (Lipinski definition) is 5. The van der Waals surface area contributed by atoms with Crippen molar-refractivity contribution in [1.29, 1.82) is 0 Å². The van der Waals surface area contributed by atoms with Gasteiger partial charge in [0, 0.05) is 30.1 Å². The van der Waals surface area contributed by atoms with Gasteiger partial charge in [-0.05, 0) is 43.5 Å². The first-order valence-electron chi connectivity index (χ1n) is 9.44. The Morgan fingerprint density at radius 2 is 1.90 bits per heavy atom. The molecule has 0 unspecified atom stereocenters. The summed E-state index contributed by atoms with van der Waals surface area (Å²) in [6.07, 6.45) is 0.767. The monoisotopic (exact) mass is 451 g/mol. The summed E-state index contributed by atoms with van der Waals surface area (Å²) >= 11 is 5.93. The third-order valence-electron chi connectivity index (χ3n) is 5.22. The van der Waals surface area contributed by atoms with Crippen LogP contribution in [0.15, 0.2) is 42.5 Å². The van der Waals surface area contributed by atoms with Gasteiger partial charge in [0.05, 0.1) is 21.9 Å². The number of amides is 1. The molecule has 0 radical (unpaired) electrons. The number of nitro benzene ring substituents is 1. The fourth-order valence-electron chi connectivity index (χ4n) is 3.52. The van der Waals surface area contributed by atoms with Gasteiger partial charge in [-0.2, -0.15) is 0 Å². The van der Waals surface area contributed by atoms with E-state index in [0.717, 1.165) is 0 Å². The molecule has 1 aliphatic heterocycles. The summed E-state index contributed by atoms with van der Waals surface area (Å²) in [4.78, 5) is 23.2. The van der Waals surface area contributed by atoms with Crippen LogP contribution in [0.1, 0.15) is 24.0 Å². The minimum Gasteiger partial charge on any atom is -0.325 e. The molecular formula is C20H22ClN3O5S. The highest BCUT2D eigenvalue weighted by atomic mass is 35.5. The number of halogens is 1. The molecule has 30 heavy (non-hydrogen) atoms. The van der Waals surface area contributed by atoms with E-state index in [0.29, 0.717) is 34.7 Å². The van der Waals surface area contributed by atoms with E-state index in [9.17, 15) is 23.3 Å². The summed E-state index contributed by atoms with van der Waals surface area (Å²) in [5.74, 6) is -0.760. The Morgan fingerprint density at radius 1 is 1.23 bits per heavy atom. The number of carbonyl (C=O) groups excluding carboxylic acids is 1. The van der Waals surface area contributed by atoms with Gasteiger partial charge in [0.25, 0.3) is 5.69 Å². The zero-order valence-corrected chi connectivity index (χ0v) is 17.9. The van der Waals surface area contributed by atoms with Crippen molar-refractivity contribution in [3.05, 3.63) is 68.7 Å². The predicted molar refractivity (Wildman–Crippen MR) is 115 cm³/mol. The second-order valence-electron chi connectivity index (χ2n) is 7.26. The first kappa shape index (κ1) is 22.2. The van der Waals surface area contributed by atoms with Crippen LogP contribution in [0.3, 0.4) is 0 Å². The van der Waals surface area contributed by atoms with Gasteiger partial charge in [-0.1, -0.05) is 29.8 Å². The maximum absolute atomic E-state index is 12.7. The van der Waals surface area contributed by atoms with Crippen LogP contribution in [-0.2, 0) is 20.6 Å². The highest BCUT2D eigenvalue weighted by Crippen LogP contribution is 2.27. The summed E-state index contributed by atoms with van der Waals surface area (Å²) < 4.78 is 26.8. The van der Waals surface area contributed by atoms with Gasteiger partial charge in [0.2, 0.25) is 15.9 Å². The molecule has 8 nitrogen and oxygen atoms in total. The number of benzene rings is 2. The minimum atomic E-state index is -3.52. The van der Waals surface area contributed by atoms with Crippen LogP contribution in [0.25, 0.3) is 0 Å². The molecule has 0 saturated carbocycles. The highest BCUT2D eigenvalue weighted by Gasteiger charge is 2.31. The van der Waals surface area contributed by atoms with Gasteiger partial charge in [-0.3, -0.25) is 14.9 Å². The van der Waals surface area contributed by atoms with E-state index in [1.165, 1.54) is 16.4 Å². The fourth-order valence-corrected chi connectivity index (χ4v) is 5.28. The predicted octanol–water partition coefficient (Wildman–Crippen LogP) is 3.74. The van der Waals surface area contributed by atoms with Crippen molar-refractivity contribution in [3.63, 3.8) is 0 Å². The molecule has 1 fully saturated rings. The molecule has 3 rings (SSSR count). The van der Waals surface area contributed by atoms with Crippen molar-refractivity contribution in [2.75, 3.05) is 18.4 Å². The fraction of sp³-hybridized carbons (Fsp3) is 0.350. The number of sulfonamides is 1. The van der Waals surface area contributed by atoms with E-state index in [2.05, 4.69) is 5.32 Å². The van der Waals surface area contributed by atoms with E-state index in [1.54, 1.807) is 37.3 Å².